The number of hydrogen-bond acceptors (Lipinski definition) is 4. The van der Waals surface area contributed by atoms with Gasteiger partial charge in [-0.05, 0) is 30.7 Å². The Morgan fingerprint density at radius 3 is 2.63 bits per heavy atom. The molecule has 4 nitrogen and oxygen atoms in total. The molecular formula is C15H18N2O2. The number of anilines is 1. The first-order valence-electron chi connectivity index (χ1n) is 6.13. The van der Waals surface area contributed by atoms with Crippen LogP contribution in [0.5, 0.6) is 11.6 Å². The molecule has 1 N–H and O–H groups in total. The number of rotatable bonds is 4. The van der Waals surface area contributed by atoms with Crippen molar-refractivity contribution in [3.05, 3.63) is 47.7 Å². The zero-order valence-corrected chi connectivity index (χ0v) is 11.4. The lowest BCUT2D eigenvalue weighted by molar-refractivity contribution is 0.280. The van der Waals surface area contributed by atoms with E-state index in [-0.39, 0.29) is 6.61 Å². The van der Waals surface area contributed by atoms with Crippen molar-refractivity contribution in [2.24, 2.45) is 0 Å². The zero-order valence-electron chi connectivity index (χ0n) is 11.4. The first kappa shape index (κ1) is 13.4. The summed E-state index contributed by atoms with van der Waals surface area (Å²) in [5, 5.41) is 9.11. The van der Waals surface area contributed by atoms with Crippen molar-refractivity contribution in [2.45, 2.75) is 13.5 Å². The van der Waals surface area contributed by atoms with Gasteiger partial charge in [0.15, 0.2) is 0 Å². The van der Waals surface area contributed by atoms with Crippen LogP contribution in [0.25, 0.3) is 0 Å². The van der Waals surface area contributed by atoms with Crippen molar-refractivity contribution in [2.75, 3.05) is 19.0 Å². The number of benzene rings is 1. The molecule has 0 unspecified atom stereocenters. The molecule has 100 valence electrons. The molecule has 1 heterocycles. The first-order chi connectivity index (χ1) is 9.10. The Morgan fingerprint density at radius 2 is 2.00 bits per heavy atom. The Morgan fingerprint density at radius 1 is 1.21 bits per heavy atom. The van der Waals surface area contributed by atoms with Gasteiger partial charge in [0.25, 0.3) is 0 Å². The molecule has 0 atom stereocenters. The maximum absolute atomic E-state index is 9.11. The van der Waals surface area contributed by atoms with E-state index in [1.165, 1.54) is 0 Å². The molecule has 0 aliphatic heterocycles. The highest BCUT2D eigenvalue weighted by atomic mass is 16.5. The molecule has 0 saturated heterocycles. The Labute approximate surface area is 113 Å². The molecule has 1 aromatic heterocycles. The van der Waals surface area contributed by atoms with E-state index in [9.17, 15) is 0 Å². The van der Waals surface area contributed by atoms with Crippen molar-refractivity contribution in [3.8, 4) is 11.6 Å². The second-order valence-electron chi connectivity index (χ2n) is 4.55. The van der Waals surface area contributed by atoms with E-state index in [0.717, 1.165) is 22.7 Å². The lowest BCUT2D eigenvalue weighted by atomic mass is 10.2. The molecule has 2 aromatic rings. The Balaban J connectivity index is 2.21. The minimum Gasteiger partial charge on any atom is -0.439 e. The van der Waals surface area contributed by atoms with Crippen LogP contribution in [-0.4, -0.2) is 24.2 Å². The number of pyridine rings is 1. The Kier molecular flexibility index (Phi) is 4.02. The van der Waals surface area contributed by atoms with Gasteiger partial charge in [0.2, 0.25) is 5.88 Å². The Bertz CT molecular complexity index is 568. The third kappa shape index (κ3) is 3.23. The average molecular weight is 258 g/mol. The summed E-state index contributed by atoms with van der Waals surface area (Å²) >= 11 is 0. The van der Waals surface area contributed by atoms with E-state index in [0.29, 0.717) is 5.88 Å². The van der Waals surface area contributed by atoms with Crippen LogP contribution in [-0.2, 0) is 6.61 Å². The topological polar surface area (TPSA) is 45.6 Å². The number of aliphatic hydroxyl groups excluding tert-OH is 1. The van der Waals surface area contributed by atoms with Gasteiger partial charge in [-0.3, -0.25) is 0 Å². The van der Waals surface area contributed by atoms with Gasteiger partial charge in [-0.15, -0.1) is 0 Å². The second kappa shape index (κ2) is 5.71. The monoisotopic (exact) mass is 258 g/mol. The van der Waals surface area contributed by atoms with Crippen molar-refractivity contribution < 1.29 is 9.84 Å². The standard InChI is InChI=1S/C15H18N2O2/c1-11-12(10-18)7-8-15(16-11)19-14-6-4-5-13(9-14)17(2)3/h4-9,18H,10H2,1-3H3. The lowest BCUT2D eigenvalue weighted by Gasteiger charge is -2.14. The van der Waals surface area contributed by atoms with E-state index >= 15 is 0 Å². The predicted molar refractivity (Wildman–Crippen MR) is 75.7 cm³/mol. The molecule has 0 fully saturated rings. The minimum atomic E-state index is -0.00473. The molecular weight excluding hydrogens is 240 g/mol. The molecule has 0 radical (unpaired) electrons. The van der Waals surface area contributed by atoms with Gasteiger partial charge in [-0.1, -0.05) is 6.07 Å². The van der Waals surface area contributed by atoms with Crippen LogP contribution in [0.4, 0.5) is 5.69 Å². The van der Waals surface area contributed by atoms with Gasteiger partial charge in [0.05, 0.1) is 6.61 Å². The predicted octanol–water partition coefficient (Wildman–Crippen LogP) is 2.74. The van der Waals surface area contributed by atoms with Crippen LogP contribution >= 0.6 is 0 Å². The summed E-state index contributed by atoms with van der Waals surface area (Å²) < 4.78 is 5.73. The largest absolute Gasteiger partial charge is 0.439 e. The molecule has 0 bridgehead atoms. The highest BCUT2D eigenvalue weighted by molar-refractivity contribution is 5.50. The van der Waals surface area contributed by atoms with Crippen molar-refractivity contribution in [1.29, 1.82) is 0 Å². The highest BCUT2D eigenvalue weighted by Gasteiger charge is 2.04. The molecule has 2 rings (SSSR count). The molecule has 0 spiro atoms. The van der Waals surface area contributed by atoms with Gasteiger partial charge in [0.1, 0.15) is 5.75 Å². The number of aliphatic hydroxyl groups is 1. The number of hydrogen-bond donors (Lipinski definition) is 1. The number of nitrogens with zero attached hydrogens (tertiary/aromatic N) is 2. The smallest absolute Gasteiger partial charge is 0.219 e. The fourth-order valence-electron chi connectivity index (χ4n) is 1.74. The molecule has 0 aliphatic rings. The van der Waals surface area contributed by atoms with Crippen LogP contribution in [0.2, 0.25) is 0 Å². The van der Waals surface area contributed by atoms with Crippen LogP contribution in [0.3, 0.4) is 0 Å². The molecule has 0 amide bonds. The van der Waals surface area contributed by atoms with E-state index in [1.54, 1.807) is 6.07 Å². The van der Waals surface area contributed by atoms with Gasteiger partial charge in [-0.25, -0.2) is 4.98 Å². The maximum Gasteiger partial charge on any atom is 0.219 e. The van der Waals surface area contributed by atoms with Gasteiger partial charge >= 0.3 is 0 Å². The fraction of sp³-hybridized carbons (Fsp3) is 0.267. The van der Waals surface area contributed by atoms with Gasteiger partial charge < -0.3 is 14.7 Å². The third-order valence-electron chi connectivity index (χ3n) is 2.90. The first-order valence-corrected chi connectivity index (χ1v) is 6.13. The summed E-state index contributed by atoms with van der Waals surface area (Å²) in [6, 6.07) is 11.4. The number of ether oxygens (including phenoxy) is 1. The fourth-order valence-corrected chi connectivity index (χ4v) is 1.74. The third-order valence-corrected chi connectivity index (χ3v) is 2.90. The van der Waals surface area contributed by atoms with Crippen LogP contribution in [0.15, 0.2) is 36.4 Å². The van der Waals surface area contributed by atoms with Gasteiger partial charge in [0, 0.05) is 37.6 Å². The summed E-state index contributed by atoms with van der Waals surface area (Å²) in [5.41, 5.74) is 2.67. The number of aromatic nitrogens is 1. The lowest BCUT2D eigenvalue weighted by Crippen LogP contribution is -2.08. The zero-order chi connectivity index (χ0) is 13.8. The Hall–Kier alpha value is -2.07. The minimum absolute atomic E-state index is 0.00473. The van der Waals surface area contributed by atoms with E-state index in [4.69, 9.17) is 9.84 Å². The van der Waals surface area contributed by atoms with Crippen molar-refractivity contribution in [1.82, 2.24) is 4.98 Å². The van der Waals surface area contributed by atoms with Crippen molar-refractivity contribution in [3.63, 3.8) is 0 Å². The normalized spacial score (nSPS) is 10.3. The SMILES string of the molecule is Cc1nc(Oc2cccc(N(C)C)c2)ccc1CO. The summed E-state index contributed by atoms with van der Waals surface area (Å²) in [7, 11) is 3.97. The van der Waals surface area contributed by atoms with E-state index in [2.05, 4.69) is 4.98 Å². The van der Waals surface area contributed by atoms with Gasteiger partial charge in [-0.2, -0.15) is 0 Å². The molecule has 0 saturated carbocycles. The summed E-state index contributed by atoms with van der Waals surface area (Å²) in [4.78, 5) is 6.33. The quantitative estimate of drug-likeness (QED) is 0.916. The summed E-state index contributed by atoms with van der Waals surface area (Å²) in [6.45, 7) is 1.85. The maximum atomic E-state index is 9.11. The van der Waals surface area contributed by atoms with E-state index in [1.807, 2.05) is 56.3 Å². The van der Waals surface area contributed by atoms with Crippen molar-refractivity contribution >= 4 is 5.69 Å². The average Bonchev–Trinajstić information content (AvgIpc) is 2.39. The summed E-state index contributed by atoms with van der Waals surface area (Å²) in [5.74, 6) is 1.28. The highest BCUT2D eigenvalue weighted by Crippen LogP contribution is 2.24. The molecule has 19 heavy (non-hydrogen) atoms. The second-order valence-corrected chi connectivity index (χ2v) is 4.55. The molecule has 4 heteroatoms. The van der Waals surface area contributed by atoms with Crippen LogP contribution in [0.1, 0.15) is 11.3 Å². The van der Waals surface area contributed by atoms with E-state index < -0.39 is 0 Å². The molecule has 1 aromatic carbocycles. The summed E-state index contributed by atoms with van der Waals surface area (Å²) in [6.07, 6.45) is 0. The number of aryl methyl sites for hydroxylation is 1. The van der Waals surface area contributed by atoms with Crippen LogP contribution in [0, 0.1) is 6.92 Å². The molecule has 0 aliphatic carbocycles. The van der Waals surface area contributed by atoms with Crippen LogP contribution < -0.4 is 9.64 Å².